The number of ketones is 1. The maximum atomic E-state index is 11.9. The molecule has 3 N–H and O–H groups in total. The molecule has 14 heavy (non-hydrogen) atoms. The van der Waals surface area contributed by atoms with Crippen LogP contribution < -0.4 is 11.1 Å². The highest BCUT2D eigenvalue weighted by Gasteiger charge is 2.24. The lowest BCUT2D eigenvalue weighted by Gasteiger charge is -2.08. The Kier molecular flexibility index (Phi) is 2.50. The Labute approximate surface area is 83.3 Å². The molecule has 0 aromatic heterocycles. The zero-order valence-corrected chi connectivity index (χ0v) is 7.99. The van der Waals surface area contributed by atoms with Crippen LogP contribution in [0.5, 0.6) is 0 Å². The van der Waals surface area contributed by atoms with Gasteiger partial charge < -0.3 is 11.1 Å². The lowest BCUT2D eigenvalue weighted by molar-refractivity contribution is 0.0931. The molecule has 74 valence electrons. The molecular formula is C11H14N2O. The summed E-state index contributed by atoms with van der Waals surface area (Å²) in [6, 6.07) is 7.27. The van der Waals surface area contributed by atoms with E-state index in [2.05, 4.69) is 5.32 Å². The number of carbonyl (C=O) groups is 1. The van der Waals surface area contributed by atoms with Gasteiger partial charge in [0, 0.05) is 23.7 Å². The molecule has 0 amide bonds. The van der Waals surface area contributed by atoms with E-state index < -0.39 is 0 Å². The molecule has 0 spiro atoms. The monoisotopic (exact) mass is 190 g/mol. The maximum absolute atomic E-state index is 11.9. The van der Waals surface area contributed by atoms with E-state index in [0.717, 1.165) is 19.5 Å². The van der Waals surface area contributed by atoms with Gasteiger partial charge in [0.2, 0.25) is 0 Å². The predicted octanol–water partition coefficient (Wildman–Crippen LogP) is 1.06. The highest BCUT2D eigenvalue weighted by atomic mass is 16.1. The molecule has 1 saturated heterocycles. The van der Waals surface area contributed by atoms with Crippen LogP contribution in [0.4, 0.5) is 5.69 Å². The quantitative estimate of drug-likeness (QED) is 0.541. The van der Waals surface area contributed by atoms with Crippen molar-refractivity contribution in [2.24, 2.45) is 5.92 Å². The summed E-state index contributed by atoms with van der Waals surface area (Å²) in [6.45, 7) is 1.72. The molecule has 3 heteroatoms. The highest BCUT2D eigenvalue weighted by Crippen LogP contribution is 2.19. The molecule has 0 radical (unpaired) electrons. The fraction of sp³-hybridized carbons (Fsp3) is 0.364. The van der Waals surface area contributed by atoms with Gasteiger partial charge in [-0.2, -0.15) is 0 Å². The second-order valence-electron chi connectivity index (χ2n) is 3.64. The average Bonchev–Trinajstić information content (AvgIpc) is 2.70. The van der Waals surface area contributed by atoms with E-state index in [-0.39, 0.29) is 11.7 Å². The third-order valence-corrected chi connectivity index (χ3v) is 2.66. The number of nitrogens with two attached hydrogens (primary N) is 1. The number of nitrogen functional groups attached to an aromatic ring is 1. The van der Waals surface area contributed by atoms with Crippen LogP contribution in [-0.4, -0.2) is 18.9 Å². The minimum Gasteiger partial charge on any atom is -0.398 e. The van der Waals surface area contributed by atoms with Crippen LogP contribution in [0.2, 0.25) is 0 Å². The molecule has 0 bridgehead atoms. The van der Waals surface area contributed by atoms with Crippen LogP contribution in [0, 0.1) is 5.92 Å². The topological polar surface area (TPSA) is 55.1 Å². The third kappa shape index (κ3) is 1.63. The summed E-state index contributed by atoms with van der Waals surface area (Å²) in [7, 11) is 0. The van der Waals surface area contributed by atoms with Crippen molar-refractivity contribution < 1.29 is 4.79 Å². The van der Waals surface area contributed by atoms with E-state index >= 15 is 0 Å². The minimum atomic E-state index is 0.111. The molecule has 0 unspecified atom stereocenters. The summed E-state index contributed by atoms with van der Waals surface area (Å²) in [5.74, 6) is 0.285. The molecule has 2 rings (SSSR count). The lowest BCUT2D eigenvalue weighted by Crippen LogP contribution is -2.18. The molecule has 0 saturated carbocycles. The van der Waals surface area contributed by atoms with Crippen molar-refractivity contribution in [2.75, 3.05) is 18.8 Å². The van der Waals surface area contributed by atoms with Crippen LogP contribution in [0.15, 0.2) is 24.3 Å². The van der Waals surface area contributed by atoms with Gasteiger partial charge in [-0.3, -0.25) is 4.79 Å². The van der Waals surface area contributed by atoms with Crippen LogP contribution in [0.3, 0.4) is 0 Å². The molecule has 1 atom stereocenters. The maximum Gasteiger partial charge on any atom is 0.169 e. The first-order valence-electron chi connectivity index (χ1n) is 4.88. The zero-order chi connectivity index (χ0) is 9.97. The second-order valence-corrected chi connectivity index (χ2v) is 3.64. The Bertz CT molecular complexity index is 343. The Balaban J connectivity index is 2.22. The van der Waals surface area contributed by atoms with E-state index in [1.165, 1.54) is 0 Å². The van der Waals surface area contributed by atoms with E-state index in [4.69, 9.17) is 5.73 Å². The standard InChI is InChI=1S/C11H14N2O/c12-10-4-2-1-3-9(10)11(14)8-5-6-13-7-8/h1-4,8,13H,5-7,12H2/t8-/m0/s1. The van der Waals surface area contributed by atoms with Gasteiger partial charge in [-0.25, -0.2) is 0 Å². The number of hydrogen-bond donors (Lipinski definition) is 2. The van der Waals surface area contributed by atoms with Crippen molar-refractivity contribution in [1.29, 1.82) is 0 Å². The molecule has 1 heterocycles. The molecule has 3 nitrogen and oxygen atoms in total. The van der Waals surface area contributed by atoms with E-state index in [1.807, 2.05) is 12.1 Å². The van der Waals surface area contributed by atoms with Crippen molar-refractivity contribution in [1.82, 2.24) is 5.32 Å². The smallest absolute Gasteiger partial charge is 0.169 e. The summed E-state index contributed by atoms with van der Waals surface area (Å²) in [5.41, 5.74) is 7.00. The minimum absolute atomic E-state index is 0.111. The van der Waals surface area contributed by atoms with Crippen molar-refractivity contribution in [3.05, 3.63) is 29.8 Å². The number of nitrogens with one attached hydrogen (secondary N) is 1. The van der Waals surface area contributed by atoms with E-state index in [0.29, 0.717) is 11.3 Å². The second kappa shape index (κ2) is 3.80. The van der Waals surface area contributed by atoms with Crippen molar-refractivity contribution in [3.63, 3.8) is 0 Å². The summed E-state index contributed by atoms with van der Waals surface area (Å²) < 4.78 is 0. The first-order valence-corrected chi connectivity index (χ1v) is 4.88. The predicted molar refractivity (Wildman–Crippen MR) is 56.2 cm³/mol. The number of para-hydroxylation sites is 1. The molecule has 1 aliphatic heterocycles. The average molecular weight is 190 g/mol. The Morgan fingerprint density at radius 3 is 2.86 bits per heavy atom. The Morgan fingerprint density at radius 2 is 2.21 bits per heavy atom. The van der Waals surface area contributed by atoms with Gasteiger partial charge in [0.15, 0.2) is 5.78 Å². The van der Waals surface area contributed by atoms with Gasteiger partial charge in [-0.05, 0) is 25.1 Å². The molecule has 1 aliphatic rings. The number of benzene rings is 1. The Hall–Kier alpha value is -1.35. The summed E-state index contributed by atoms with van der Waals surface area (Å²) in [4.78, 5) is 11.9. The van der Waals surface area contributed by atoms with Gasteiger partial charge in [0.25, 0.3) is 0 Å². The van der Waals surface area contributed by atoms with Crippen molar-refractivity contribution in [2.45, 2.75) is 6.42 Å². The van der Waals surface area contributed by atoms with Gasteiger partial charge >= 0.3 is 0 Å². The van der Waals surface area contributed by atoms with Gasteiger partial charge in [-0.1, -0.05) is 12.1 Å². The van der Waals surface area contributed by atoms with Crippen LogP contribution >= 0.6 is 0 Å². The van der Waals surface area contributed by atoms with Crippen LogP contribution in [-0.2, 0) is 0 Å². The summed E-state index contributed by atoms with van der Waals surface area (Å²) in [6.07, 6.45) is 0.924. The molecule has 0 aliphatic carbocycles. The molecule has 1 aromatic carbocycles. The SMILES string of the molecule is Nc1ccccc1C(=O)[C@H]1CCNC1. The third-order valence-electron chi connectivity index (χ3n) is 2.66. The van der Waals surface area contributed by atoms with E-state index in [9.17, 15) is 4.79 Å². The number of Topliss-reactive ketones (excluding diaryl/α,β-unsaturated/α-hetero) is 1. The zero-order valence-electron chi connectivity index (χ0n) is 7.99. The molecule has 1 fully saturated rings. The molecule has 1 aromatic rings. The van der Waals surface area contributed by atoms with Gasteiger partial charge in [-0.15, -0.1) is 0 Å². The van der Waals surface area contributed by atoms with Crippen molar-refractivity contribution in [3.8, 4) is 0 Å². The number of rotatable bonds is 2. The number of anilines is 1. The van der Waals surface area contributed by atoms with Crippen LogP contribution in [0.25, 0.3) is 0 Å². The van der Waals surface area contributed by atoms with Crippen LogP contribution in [0.1, 0.15) is 16.8 Å². The number of carbonyl (C=O) groups excluding carboxylic acids is 1. The fourth-order valence-electron chi connectivity index (χ4n) is 1.82. The lowest BCUT2D eigenvalue weighted by atomic mass is 9.96. The fourth-order valence-corrected chi connectivity index (χ4v) is 1.82. The largest absolute Gasteiger partial charge is 0.398 e. The summed E-state index contributed by atoms with van der Waals surface area (Å²) >= 11 is 0. The van der Waals surface area contributed by atoms with Gasteiger partial charge in [0.05, 0.1) is 0 Å². The summed E-state index contributed by atoms with van der Waals surface area (Å²) in [5, 5.41) is 3.18. The highest BCUT2D eigenvalue weighted by molar-refractivity contribution is 6.02. The van der Waals surface area contributed by atoms with E-state index in [1.54, 1.807) is 12.1 Å². The van der Waals surface area contributed by atoms with Gasteiger partial charge in [0.1, 0.15) is 0 Å². The molecular weight excluding hydrogens is 176 g/mol. The first kappa shape index (κ1) is 9.21. The Morgan fingerprint density at radius 1 is 1.43 bits per heavy atom. The first-order chi connectivity index (χ1) is 6.79. The number of hydrogen-bond acceptors (Lipinski definition) is 3. The van der Waals surface area contributed by atoms with Crippen molar-refractivity contribution >= 4 is 11.5 Å². The normalized spacial score (nSPS) is 21.0.